The first kappa shape index (κ1) is 20.2. The van der Waals surface area contributed by atoms with Gasteiger partial charge in [-0.2, -0.15) is 4.98 Å². The molecule has 1 N–H and O–H groups in total. The average molecular weight is 371 g/mol. The molecule has 3 heteroatoms. The molecule has 150 valence electrons. The number of para-hydroxylation sites is 2. The number of benzene rings is 1. The van der Waals surface area contributed by atoms with Crippen LogP contribution in [0.25, 0.3) is 11.1 Å². The summed E-state index contributed by atoms with van der Waals surface area (Å²) in [4.78, 5) is 4.59. The zero-order valence-corrected chi connectivity index (χ0v) is 18.1. The molecule has 4 fully saturated rings. The van der Waals surface area contributed by atoms with Gasteiger partial charge in [-0.1, -0.05) is 53.7 Å². The van der Waals surface area contributed by atoms with E-state index in [1.807, 2.05) is 38.1 Å². The van der Waals surface area contributed by atoms with Crippen LogP contribution in [0, 0.1) is 29.1 Å². The lowest BCUT2D eigenvalue weighted by atomic mass is 9.54. The molecule has 2 aromatic rings. The molecular formula is C24H38N2O. The Hall–Kier alpha value is -1.51. The molecule has 3 nitrogen and oxygen atoms in total. The number of fused-ring (bicyclic) bond motifs is 1. The van der Waals surface area contributed by atoms with Crippen molar-refractivity contribution in [3.05, 3.63) is 24.3 Å². The van der Waals surface area contributed by atoms with Gasteiger partial charge in [-0.25, -0.2) is 0 Å². The Labute approximate surface area is 165 Å². The van der Waals surface area contributed by atoms with Crippen LogP contribution in [-0.2, 0) is 0 Å². The third-order valence-corrected chi connectivity index (χ3v) is 5.81. The van der Waals surface area contributed by atoms with Crippen LogP contribution >= 0.6 is 0 Å². The number of hydrogen-bond donors (Lipinski definition) is 1. The number of oxazole rings is 1. The molecule has 4 saturated carbocycles. The SMILES string of the molecule is CC.CC(C)(C)C.c1ccc2oc(NC3C4CC5CC(C4)CC3C5)nc2c1. The highest BCUT2D eigenvalue weighted by Crippen LogP contribution is 2.54. The summed E-state index contributed by atoms with van der Waals surface area (Å²) < 4.78 is 5.85. The minimum atomic E-state index is 0.500. The predicted molar refractivity (Wildman–Crippen MR) is 115 cm³/mol. The molecule has 27 heavy (non-hydrogen) atoms. The maximum atomic E-state index is 5.85. The van der Waals surface area contributed by atoms with Gasteiger partial charge in [-0.05, 0) is 73.3 Å². The third kappa shape index (κ3) is 5.06. The summed E-state index contributed by atoms with van der Waals surface area (Å²) in [5.74, 6) is 3.72. The average Bonchev–Trinajstić information content (AvgIpc) is 3.00. The molecule has 4 bridgehead atoms. The summed E-state index contributed by atoms with van der Waals surface area (Å²) in [5, 5.41) is 3.64. The predicted octanol–water partition coefficient (Wildman–Crippen LogP) is 7.14. The van der Waals surface area contributed by atoms with E-state index in [1.165, 1.54) is 32.1 Å². The summed E-state index contributed by atoms with van der Waals surface area (Å²) >= 11 is 0. The van der Waals surface area contributed by atoms with Gasteiger partial charge in [0.1, 0.15) is 5.52 Å². The Morgan fingerprint density at radius 1 is 0.889 bits per heavy atom. The van der Waals surface area contributed by atoms with Crippen LogP contribution in [0.5, 0.6) is 0 Å². The van der Waals surface area contributed by atoms with Crippen LogP contribution in [0.4, 0.5) is 6.01 Å². The van der Waals surface area contributed by atoms with Crippen molar-refractivity contribution in [2.24, 2.45) is 29.1 Å². The maximum absolute atomic E-state index is 5.85. The minimum absolute atomic E-state index is 0.500. The van der Waals surface area contributed by atoms with Crippen molar-refractivity contribution in [2.45, 2.75) is 79.7 Å². The first-order valence-electron chi connectivity index (χ1n) is 11.0. The monoisotopic (exact) mass is 370 g/mol. The lowest BCUT2D eigenvalue weighted by Gasteiger charge is -2.54. The van der Waals surface area contributed by atoms with Gasteiger partial charge < -0.3 is 9.73 Å². The van der Waals surface area contributed by atoms with Crippen LogP contribution in [0.15, 0.2) is 28.7 Å². The zero-order valence-electron chi connectivity index (χ0n) is 18.1. The molecule has 1 aromatic heterocycles. The van der Waals surface area contributed by atoms with E-state index >= 15 is 0 Å². The third-order valence-electron chi connectivity index (χ3n) is 5.81. The lowest BCUT2D eigenvalue weighted by molar-refractivity contribution is 0.00682. The quantitative estimate of drug-likeness (QED) is 0.610. The first-order valence-corrected chi connectivity index (χ1v) is 11.0. The van der Waals surface area contributed by atoms with E-state index in [0.29, 0.717) is 11.5 Å². The Balaban J connectivity index is 0.000000265. The van der Waals surface area contributed by atoms with Crippen molar-refractivity contribution in [3.8, 4) is 0 Å². The number of aromatic nitrogens is 1. The van der Waals surface area contributed by atoms with Gasteiger partial charge in [-0.3, -0.25) is 0 Å². The Morgan fingerprint density at radius 2 is 1.41 bits per heavy atom. The minimum Gasteiger partial charge on any atom is -0.424 e. The van der Waals surface area contributed by atoms with Crippen molar-refractivity contribution in [2.75, 3.05) is 5.32 Å². The van der Waals surface area contributed by atoms with Crippen LogP contribution in [-0.4, -0.2) is 11.0 Å². The lowest BCUT2D eigenvalue weighted by Crippen LogP contribution is -2.51. The van der Waals surface area contributed by atoms with Crippen molar-refractivity contribution in [1.82, 2.24) is 4.98 Å². The molecule has 4 aliphatic rings. The van der Waals surface area contributed by atoms with Crippen LogP contribution in [0.2, 0.25) is 0 Å². The second-order valence-electron chi connectivity index (χ2n) is 10.1. The van der Waals surface area contributed by atoms with Crippen LogP contribution in [0.3, 0.4) is 0 Å². The molecule has 1 heterocycles. The number of hydrogen-bond acceptors (Lipinski definition) is 3. The summed E-state index contributed by atoms with van der Waals surface area (Å²) in [6, 6.07) is 9.34. The second-order valence-corrected chi connectivity index (χ2v) is 10.1. The molecular weight excluding hydrogens is 332 g/mol. The van der Waals surface area contributed by atoms with E-state index < -0.39 is 0 Å². The topological polar surface area (TPSA) is 38.1 Å². The molecule has 0 amide bonds. The van der Waals surface area contributed by atoms with Gasteiger partial charge in [0.15, 0.2) is 5.58 Å². The van der Waals surface area contributed by atoms with Crippen molar-refractivity contribution < 1.29 is 4.42 Å². The molecule has 1 aromatic carbocycles. The highest BCUT2D eigenvalue weighted by Gasteiger charge is 2.48. The van der Waals surface area contributed by atoms with Crippen LogP contribution in [0.1, 0.15) is 73.6 Å². The van der Waals surface area contributed by atoms with Gasteiger partial charge in [0, 0.05) is 6.04 Å². The van der Waals surface area contributed by atoms with E-state index in [-0.39, 0.29) is 0 Å². The smallest absolute Gasteiger partial charge is 0.295 e. The van der Waals surface area contributed by atoms with Gasteiger partial charge in [0.25, 0.3) is 6.01 Å². The van der Waals surface area contributed by atoms with Gasteiger partial charge >= 0.3 is 0 Å². The Morgan fingerprint density at radius 3 is 1.93 bits per heavy atom. The van der Waals surface area contributed by atoms with Crippen molar-refractivity contribution in [3.63, 3.8) is 0 Å². The largest absolute Gasteiger partial charge is 0.424 e. The molecule has 4 aliphatic carbocycles. The number of anilines is 1. The zero-order chi connectivity index (χ0) is 19.6. The standard InChI is InChI=1S/C17H20N2O.C5H12.C2H6/c1-2-4-15-14(3-1)18-17(20-15)19-16-12-6-10-5-11(8-12)9-13(16)7-10;1-5(2,3)4;1-2/h1-4,10-13,16H,5-9H2,(H,18,19);1-4H3;1-2H3. The molecule has 0 aliphatic heterocycles. The number of nitrogens with zero attached hydrogens (tertiary/aromatic N) is 1. The van der Waals surface area contributed by atoms with Gasteiger partial charge in [0.05, 0.1) is 0 Å². The fourth-order valence-electron chi connectivity index (χ4n) is 5.24. The fourth-order valence-corrected chi connectivity index (χ4v) is 5.24. The molecule has 0 saturated heterocycles. The molecule has 0 radical (unpaired) electrons. The number of nitrogens with one attached hydrogen (secondary N) is 1. The van der Waals surface area contributed by atoms with E-state index in [4.69, 9.17) is 4.42 Å². The highest BCUT2D eigenvalue weighted by molar-refractivity contribution is 5.74. The normalized spacial score (nSPS) is 31.0. The first-order chi connectivity index (χ1) is 12.8. The second kappa shape index (κ2) is 8.24. The van der Waals surface area contributed by atoms with Crippen molar-refractivity contribution >= 4 is 17.1 Å². The number of rotatable bonds is 2. The van der Waals surface area contributed by atoms with Gasteiger partial charge in [-0.15, -0.1) is 0 Å². The van der Waals surface area contributed by atoms with E-state index in [1.54, 1.807) is 0 Å². The molecule has 6 rings (SSSR count). The highest BCUT2D eigenvalue weighted by atomic mass is 16.4. The van der Waals surface area contributed by atoms with E-state index in [0.717, 1.165) is 40.8 Å². The Bertz CT molecular complexity index is 660. The summed E-state index contributed by atoms with van der Waals surface area (Å²) in [5.41, 5.74) is 2.35. The van der Waals surface area contributed by atoms with E-state index in [9.17, 15) is 0 Å². The molecule has 0 unspecified atom stereocenters. The molecule has 0 atom stereocenters. The summed E-state index contributed by atoms with van der Waals surface area (Å²) in [6.45, 7) is 12.8. The Kier molecular flexibility index (Phi) is 6.18. The van der Waals surface area contributed by atoms with Gasteiger partial charge in [0.2, 0.25) is 0 Å². The summed E-state index contributed by atoms with van der Waals surface area (Å²) in [6.07, 6.45) is 7.19. The fraction of sp³-hybridized carbons (Fsp3) is 0.708. The summed E-state index contributed by atoms with van der Waals surface area (Å²) in [7, 11) is 0. The van der Waals surface area contributed by atoms with Crippen molar-refractivity contribution in [1.29, 1.82) is 0 Å². The van der Waals surface area contributed by atoms with Crippen LogP contribution < -0.4 is 5.32 Å². The maximum Gasteiger partial charge on any atom is 0.295 e. The molecule has 0 spiro atoms. The van der Waals surface area contributed by atoms with E-state index in [2.05, 4.69) is 38.0 Å².